The van der Waals surface area contributed by atoms with Crippen LogP contribution in [-0.4, -0.2) is 35.6 Å². The Labute approximate surface area is 140 Å². The molecule has 1 aromatic rings. The first kappa shape index (κ1) is 19.9. The Morgan fingerprint density at radius 2 is 1.78 bits per heavy atom. The summed E-state index contributed by atoms with van der Waals surface area (Å²) in [5.41, 5.74) is 6.21. The summed E-state index contributed by atoms with van der Waals surface area (Å²) in [6.07, 6.45) is 8.49. The fraction of sp³-hybridized carbons (Fsp3) is 0.684. The van der Waals surface area contributed by atoms with Crippen LogP contribution in [0.5, 0.6) is 5.75 Å². The highest BCUT2D eigenvalue weighted by molar-refractivity contribution is 5.28. The lowest BCUT2D eigenvalue weighted by Gasteiger charge is -2.24. The van der Waals surface area contributed by atoms with Gasteiger partial charge in [-0.05, 0) is 43.4 Å². The average molecular weight is 323 g/mol. The first-order valence-electron chi connectivity index (χ1n) is 8.86. The summed E-state index contributed by atoms with van der Waals surface area (Å²) in [6.45, 7) is 2.61. The van der Waals surface area contributed by atoms with Crippen LogP contribution in [0, 0.1) is 0 Å². The Kier molecular flexibility index (Phi) is 9.92. The average Bonchev–Trinajstić information content (AvgIpc) is 2.58. The monoisotopic (exact) mass is 323 g/mol. The fourth-order valence-electron chi connectivity index (χ4n) is 2.54. The fourth-order valence-corrected chi connectivity index (χ4v) is 2.54. The molecule has 4 nitrogen and oxygen atoms in total. The highest BCUT2D eigenvalue weighted by Crippen LogP contribution is 2.18. The van der Waals surface area contributed by atoms with Crippen LogP contribution >= 0.6 is 0 Å². The zero-order chi connectivity index (χ0) is 17.0. The van der Waals surface area contributed by atoms with Crippen molar-refractivity contribution < 1.29 is 14.9 Å². The maximum absolute atomic E-state index is 9.20. The molecule has 0 aliphatic carbocycles. The second kappa shape index (κ2) is 11.4. The summed E-state index contributed by atoms with van der Waals surface area (Å²) in [5, 5.41) is 18.4. The molecule has 0 aliphatic rings. The molecule has 0 amide bonds. The van der Waals surface area contributed by atoms with Gasteiger partial charge >= 0.3 is 0 Å². The van der Waals surface area contributed by atoms with Gasteiger partial charge in [-0.25, -0.2) is 0 Å². The quantitative estimate of drug-likeness (QED) is 0.488. The predicted octanol–water partition coefficient (Wildman–Crippen LogP) is 3.04. The van der Waals surface area contributed by atoms with E-state index in [0.717, 1.165) is 31.6 Å². The largest absolute Gasteiger partial charge is 0.494 e. The van der Waals surface area contributed by atoms with Crippen molar-refractivity contribution in [2.24, 2.45) is 5.73 Å². The molecule has 0 saturated heterocycles. The molecule has 0 aliphatic heterocycles. The van der Waals surface area contributed by atoms with Crippen LogP contribution in [0.15, 0.2) is 24.3 Å². The van der Waals surface area contributed by atoms with E-state index in [9.17, 15) is 10.2 Å². The molecule has 0 fully saturated rings. The molecule has 1 aromatic carbocycles. The minimum absolute atomic E-state index is 0.190. The molecule has 4 heteroatoms. The van der Waals surface area contributed by atoms with Gasteiger partial charge < -0.3 is 20.7 Å². The van der Waals surface area contributed by atoms with Crippen LogP contribution in [0.25, 0.3) is 0 Å². The molecule has 0 unspecified atom stereocenters. The van der Waals surface area contributed by atoms with Crippen LogP contribution in [0.3, 0.4) is 0 Å². The third kappa shape index (κ3) is 8.35. The third-order valence-electron chi connectivity index (χ3n) is 4.18. The van der Waals surface area contributed by atoms with E-state index in [-0.39, 0.29) is 13.2 Å². The number of hydrogen-bond donors (Lipinski definition) is 3. The van der Waals surface area contributed by atoms with E-state index in [0.29, 0.717) is 6.42 Å². The van der Waals surface area contributed by atoms with Crippen molar-refractivity contribution in [3.05, 3.63) is 29.8 Å². The number of nitrogens with two attached hydrogens (primary N) is 1. The van der Waals surface area contributed by atoms with Gasteiger partial charge in [-0.1, -0.05) is 44.7 Å². The van der Waals surface area contributed by atoms with Crippen LogP contribution in [0.1, 0.15) is 57.4 Å². The summed E-state index contributed by atoms with van der Waals surface area (Å²) in [7, 11) is 0. The smallest absolute Gasteiger partial charge is 0.119 e. The highest BCUT2D eigenvalue weighted by Gasteiger charge is 2.22. The maximum Gasteiger partial charge on any atom is 0.119 e. The van der Waals surface area contributed by atoms with Crippen molar-refractivity contribution >= 4 is 0 Å². The van der Waals surface area contributed by atoms with Crippen molar-refractivity contribution in [3.63, 3.8) is 0 Å². The van der Waals surface area contributed by atoms with Crippen molar-refractivity contribution in [3.8, 4) is 5.75 Å². The molecular formula is C19H33NO3. The van der Waals surface area contributed by atoms with Gasteiger partial charge in [0, 0.05) is 0 Å². The molecule has 4 N–H and O–H groups in total. The predicted molar refractivity (Wildman–Crippen MR) is 94.7 cm³/mol. The van der Waals surface area contributed by atoms with E-state index in [1.165, 1.54) is 31.2 Å². The number of rotatable bonds is 13. The van der Waals surface area contributed by atoms with Crippen molar-refractivity contribution in [1.82, 2.24) is 0 Å². The Morgan fingerprint density at radius 3 is 2.48 bits per heavy atom. The minimum Gasteiger partial charge on any atom is -0.494 e. The van der Waals surface area contributed by atoms with Crippen molar-refractivity contribution in [1.29, 1.82) is 0 Å². The minimum atomic E-state index is -0.868. The maximum atomic E-state index is 9.20. The summed E-state index contributed by atoms with van der Waals surface area (Å²) in [5.74, 6) is 0.918. The van der Waals surface area contributed by atoms with Gasteiger partial charge in [0.2, 0.25) is 0 Å². The second-order valence-electron chi connectivity index (χ2n) is 6.44. The number of hydrogen-bond acceptors (Lipinski definition) is 4. The molecule has 0 atom stereocenters. The summed E-state index contributed by atoms with van der Waals surface area (Å²) in [4.78, 5) is 0. The SMILES string of the molecule is CCCCCCCOc1cccc(CCCC(N)(CO)CO)c1. The zero-order valence-electron chi connectivity index (χ0n) is 14.5. The molecule has 0 saturated carbocycles. The van der Waals surface area contributed by atoms with E-state index >= 15 is 0 Å². The van der Waals surface area contributed by atoms with Gasteiger partial charge in [0.25, 0.3) is 0 Å². The van der Waals surface area contributed by atoms with Crippen molar-refractivity contribution in [2.45, 2.75) is 63.8 Å². The van der Waals surface area contributed by atoms with Gasteiger partial charge in [-0.2, -0.15) is 0 Å². The van der Waals surface area contributed by atoms with Gasteiger partial charge in [-0.15, -0.1) is 0 Å². The lowest BCUT2D eigenvalue weighted by atomic mass is 9.94. The first-order valence-corrected chi connectivity index (χ1v) is 8.86. The molecule has 0 aromatic heterocycles. The zero-order valence-corrected chi connectivity index (χ0v) is 14.5. The number of unbranched alkanes of at least 4 members (excludes halogenated alkanes) is 4. The van der Waals surface area contributed by atoms with Crippen LogP contribution in [0.4, 0.5) is 0 Å². The lowest BCUT2D eigenvalue weighted by Crippen LogP contribution is -2.47. The topological polar surface area (TPSA) is 75.7 Å². The van der Waals surface area contributed by atoms with Crippen molar-refractivity contribution in [2.75, 3.05) is 19.8 Å². The third-order valence-corrected chi connectivity index (χ3v) is 4.18. The molecule has 1 rings (SSSR count). The van der Waals surface area contributed by atoms with E-state index < -0.39 is 5.54 Å². The van der Waals surface area contributed by atoms with E-state index in [4.69, 9.17) is 10.5 Å². The van der Waals surface area contributed by atoms with Crippen LogP contribution in [0.2, 0.25) is 0 Å². The van der Waals surface area contributed by atoms with Gasteiger partial charge in [0.05, 0.1) is 25.4 Å². The van der Waals surface area contributed by atoms with Gasteiger partial charge in [0.1, 0.15) is 5.75 Å². The second-order valence-corrected chi connectivity index (χ2v) is 6.44. The molecule has 23 heavy (non-hydrogen) atoms. The summed E-state index contributed by atoms with van der Waals surface area (Å²) >= 11 is 0. The van der Waals surface area contributed by atoms with Gasteiger partial charge in [-0.3, -0.25) is 0 Å². The number of benzene rings is 1. The first-order chi connectivity index (χ1) is 11.1. The van der Waals surface area contributed by atoms with Crippen LogP contribution in [-0.2, 0) is 6.42 Å². The molecule has 0 bridgehead atoms. The molecule has 0 radical (unpaired) electrons. The summed E-state index contributed by atoms with van der Waals surface area (Å²) in [6, 6.07) is 8.14. The Bertz CT molecular complexity index is 419. The van der Waals surface area contributed by atoms with E-state index in [2.05, 4.69) is 19.1 Å². The molecule has 0 spiro atoms. The lowest BCUT2D eigenvalue weighted by molar-refractivity contribution is 0.113. The van der Waals surface area contributed by atoms with Gasteiger partial charge in [0.15, 0.2) is 0 Å². The molecular weight excluding hydrogens is 290 g/mol. The van der Waals surface area contributed by atoms with E-state index in [1.54, 1.807) is 0 Å². The number of ether oxygens (including phenoxy) is 1. The number of aliphatic hydroxyl groups excluding tert-OH is 2. The number of aliphatic hydroxyl groups is 2. The summed E-state index contributed by atoms with van der Waals surface area (Å²) < 4.78 is 5.81. The molecule has 132 valence electrons. The Balaban J connectivity index is 2.30. The Hall–Kier alpha value is -1.10. The van der Waals surface area contributed by atoms with Crippen LogP contribution < -0.4 is 10.5 Å². The standard InChI is InChI=1S/C19H33NO3/c1-2-3-4-5-6-13-23-18-11-7-9-17(14-18)10-8-12-19(20,15-21)16-22/h7,9,11,14,21-22H,2-6,8,10,12-13,15-16,20H2,1H3. The molecule has 0 heterocycles. The van der Waals surface area contributed by atoms with E-state index in [1.807, 2.05) is 12.1 Å². The Morgan fingerprint density at radius 1 is 1.04 bits per heavy atom. The number of aryl methyl sites for hydroxylation is 1. The normalized spacial score (nSPS) is 11.7. The highest BCUT2D eigenvalue weighted by atomic mass is 16.5.